The molecule has 9 heteroatoms. The van der Waals surface area contributed by atoms with Gasteiger partial charge in [0.1, 0.15) is 0 Å². The minimum Gasteiger partial charge on any atom is -0.381 e. The van der Waals surface area contributed by atoms with Crippen LogP contribution in [0.25, 0.3) is 0 Å². The Bertz CT molecular complexity index is 659. The maximum absolute atomic E-state index is 13.8. The smallest absolute Gasteiger partial charge is 0.306 e. The topological polar surface area (TPSA) is 111 Å². The van der Waals surface area contributed by atoms with Crippen molar-refractivity contribution in [3.63, 3.8) is 0 Å². The minimum atomic E-state index is -1.14. The Morgan fingerprint density at radius 1 is 1.46 bits per heavy atom. The van der Waals surface area contributed by atoms with Crippen molar-refractivity contribution in [2.45, 2.75) is 19.8 Å². The summed E-state index contributed by atoms with van der Waals surface area (Å²) < 4.78 is 19.1. The van der Waals surface area contributed by atoms with Gasteiger partial charge in [-0.25, -0.2) is 0 Å². The van der Waals surface area contributed by atoms with E-state index in [4.69, 9.17) is 4.74 Å². The zero-order valence-electron chi connectivity index (χ0n) is 13.1. The van der Waals surface area contributed by atoms with Crippen molar-refractivity contribution in [2.75, 3.05) is 25.1 Å². The van der Waals surface area contributed by atoms with Crippen LogP contribution in [0.2, 0.25) is 0 Å². The molecular formula is C15H18FN3O5. The summed E-state index contributed by atoms with van der Waals surface area (Å²) in [4.78, 5) is 33.4. The molecule has 1 aliphatic rings. The first kappa shape index (κ1) is 17.8. The first-order chi connectivity index (χ1) is 11.4. The molecule has 0 spiro atoms. The van der Waals surface area contributed by atoms with Crippen LogP contribution in [0.5, 0.6) is 0 Å². The van der Waals surface area contributed by atoms with E-state index >= 15 is 0 Å². The Hall–Kier alpha value is -2.55. The van der Waals surface area contributed by atoms with Crippen LogP contribution in [0, 0.1) is 21.8 Å². The number of hydrogen-bond acceptors (Lipinski definition) is 5. The van der Waals surface area contributed by atoms with Crippen LogP contribution >= 0.6 is 0 Å². The highest BCUT2D eigenvalue weighted by molar-refractivity contribution is 6.03. The molecule has 0 radical (unpaired) electrons. The van der Waals surface area contributed by atoms with E-state index in [1.165, 1.54) is 6.92 Å². The number of nitro benzene ring substituents is 1. The van der Waals surface area contributed by atoms with Gasteiger partial charge in [0.15, 0.2) is 0 Å². The SMILES string of the molecule is CC(=O)Nc1cc([N+](=O)[O-])c(F)cc1C(=O)NCC1CCCOC1. The van der Waals surface area contributed by atoms with E-state index < -0.39 is 28.2 Å². The second kappa shape index (κ2) is 7.82. The van der Waals surface area contributed by atoms with Gasteiger partial charge in [0.2, 0.25) is 11.7 Å². The molecule has 0 bridgehead atoms. The largest absolute Gasteiger partial charge is 0.381 e. The van der Waals surface area contributed by atoms with Gasteiger partial charge in [-0.15, -0.1) is 0 Å². The fourth-order valence-electron chi connectivity index (χ4n) is 2.48. The van der Waals surface area contributed by atoms with E-state index in [-0.39, 0.29) is 17.2 Å². The average molecular weight is 339 g/mol. The molecule has 1 aromatic rings. The Morgan fingerprint density at radius 3 is 2.79 bits per heavy atom. The molecule has 1 fully saturated rings. The quantitative estimate of drug-likeness (QED) is 0.628. The van der Waals surface area contributed by atoms with Gasteiger partial charge in [0.05, 0.1) is 22.8 Å². The molecule has 2 N–H and O–H groups in total. The molecule has 1 saturated heterocycles. The number of nitrogens with one attached hydrogen (secondary N) is 2. The average Bonchev–Trinajstić information content (AvgIpc) is 2.54. The summed E-state index contributed by atoms with van der Waals surface area (Å²) in [6.07, 6.45) is 1.82. The van der Waals surface area contributed by atoms with Crippen molar-refractivity contribution in [1.82, 2.24) is 5.32 Å². The summed E-state index contributed by atoms with van der Waals surface area (Å²) in [6.45, 7) is 2.77. The van der Waals surface area contributed by atoms with Gasteiger partial charge >= 0.3 is 5.69 Å². The van der Waals surface area contributed by atoms with E-state index in [1.807, 2.05) is 0 Å². The molecule has 1 unspecified atom stereocenters. The lowest BCUT2D eigenvalue weighted by atomic mass is 10.0. The molecule has 0 saturated carbocycles. The molecule has 1 atom stereocenters. The lowest BCUT2D eigenvalue weighted by Crippen LogP contribution is -2.33. The molecule has 0 aliphatic carbocycles. The number of amides is 2. The van der Waals surface area contributed by atoms with Crippen LogP contribution in [0.15, 0.2) is 12.1 Å². The Morgan fingerprint density at radius 2 is 2.21 bits per heavy atom. The molecule has 2 amide bonds. The highest BCUT2D eigenvalue weighted by atomic mass is 19.1. The van der Waals surface area contributed by atoms with Gasteiger partial charge in [-0.2, -0.15) is 4.39 Å². The molecular weight excluding hydrogens is 321 g/mol. The maximum atomic E-state index is 13.8. The van der Waals surface area contributed by atoms with Gasteiger partial charge in [0.25, 0.3) is 5.91 Å². The number of carbonyl (C=O) groups excluding carboxylic acids is 2. The predicted molar refractivity (Wildman–Crippen MR) is 83.2 cm³/mol. The summed E-state index contributed by atoms with van der Waals surface area (Å²) >= 11 is 0. The highest BCUT2D eigenvalue weighted by Crippen LogP contribution is 2.26. The zero-order chi connectivity index (χ0) is 17.7. The van der Waals surface area contributed by atoms with Crippen LogP contribution in [-0.2, 0) is 9.53 Å². The first-order valence-electron chi connectivity index (χ1n) is 7.50. The Balaban J connectivity index is 2.19. The second-order valence-corrected chi connectivity index (χ2v) is 5.58. The zero-order valence-corrected chi connectivity index (χ0v) is 13.1. The molecule has 8 nitrogen and oxygen atoms in total. The van der Waals surface area contributed by atoms with Crippen LogP contribution in [0.1, 0.15) is 30.1 Å². The van der Waals surface area contributed by atoms with Crippen molar-refractivity contribution >= 4 is 23.2 Å². The Labute approximate surface area is 137 Å². The summed E-state index contributed by atoms with van der Waals surface area (Å²) in [5, 5.41) is 15.8. The highest BCUT2D eigenvalue weighted by Gasteiger charge is 2.23. The third-order valence-electron chi connectivity index (χ3n) is 3.64. The number of halogens is 1. The summed E-state index contributed by atoms with van der Waals surface area (Å²) in [5.41, 5.74) is -1.07. The van der Waals surface area contributed by atoms with Crippen molar-refractivity contribution in [1.29, 1.82) is 0 Å². The normalized spacial score (nSPS) is 17.2. The number of rotatable bonds is 5. The van der Waals surface area contributed by atoms with Gasteiger partial charge in [-0.3, -0.25) is 19.7 Å². The summed E-state index contributed by atoms with van der Waals surface area (Å²) in [5.74, 6) is -2.11. The molecule has 0 aromatic heterocycles. The number of ether oxygens (including phenoxy) is 1. The lowest BCUT2D eigenvalue weighted by Gasteiger charge is -2.22. The molecule has 1 heterocycles. The third kappa shape index (κ3) is 4.48. The van der Waals surface area contributed by atoms with Crippen LogP contribution in [-0.4, -0.2) is 36.5 Å². The van der Waals surface area contributed by atoms with Crippen molar-refractivity contribution < 1.29 is 23.6 Å². The van der Waals surface area contributed by atoms with Crippen molar-refractivity contribution in [3.05, 3.63) is 33.6 Å². The monoisotopic (exact) mass is 339 g/mol. The number of hydrogen-bond donors (Lipinski definition) is 2. The second-order valence-electron chi connectivity index (χ2n) is 5.58. The molecule has 1 aliphatic heterocycles. The first-order valence-corrected chi connectivity index (χ1v) is 7.50. The standard InChI is InChI=1S/C15H18FN3O5/c1-9(20)18-13-6-14(19(22)23)12(16)5-11(13)15(21)17-7-10-3-2-4-24-8-10/h5-6,10H,2-4,7-8H2,1H3,(H,17,21)(H,18,20). The number of nitrogens with zero attached hydrogens (tertiary/aromatic N) is 1. The van der Waals surface area contributed by atoms with E-state index in [0.29, 0.717) is 19.8 Å². The number of benzene rings is 1. The number of anilines is 1. The minimum absolute atomic E-state index is 0.104. The molecule has 130 valence electrons. The van der Waals surface area contributed by atoms with Crippen LogP contribution in [0.4, 0.5) is 15.8 Å². The fraction of sp³-hybridized carbons (Fsp3) is 0.467. The molecule has 2 rings (SSSR count). The van der Waals surface area contributed by atoms with E-state index in [0.717, 1.165) is 25.0 Å². The van der Waals surface area contributed by atoms with Crippen molar-refractivity contribution in [3.8, 4) is 0 Å². The van der Waals surface area contributed by atoms with Gasteiger partial charge < -0.3 is 15.4 Å². The van der Waals surface area contributed by atoms with Gasteiger partial charge in [-0.1, -0.05) is 0 Å². The van der Waals surface area contributed by atoms with E-state index in [2.05, 4.69) is 10.6 Å². The third-order valence-corrected chi connectivity index (χ3v) is 3.64. The van der Waals surface area contributed by atoms with Crippen LogP contribution in [0.3, 0.4) is 0 Å². The number of carbonyl (C=O) groups is 2. The summed E-state index contributed by atoms with van der Waals surface area (Å²) in [7, 11) is 0. The van der Waals surface area contributed by atoms with Gasteiger partial charge in [-0.05, 0) is 24.8 Å². The molecule has 24 heavy (non-hydrogen) atoms. The van der Waals surface area contributed by atoms with Gasteiger partial charge in [0, 0.05) is 26.1 Å². The predicted octanol–water partition coefficient (Wildman–Crippen LogP) is 1.85. The van der Waals surface area contributed by atoms with E-state index in [9.17, 15) is 24.1 Å². The molecule has 1 aromatic carbocycles. The Kier molecular flexibility index (Phi) is 5.80. The maximum Gasteiger partial charge on any atom is 0.306 e. The van der Waals surface area contributed by atoms with Crippen LogP contribution < -0.4 is 10.6 Å². The lowest BCUT2D eigenvalue weighted by molar-refractivity contribution is -0.387. The van der Waals surface area contributed by atoms with E-state index in [1.54, 1.807) is 0 Å². The number of nitro groups is 1. The fourth-order valence-corrected chi connectivity index (χ4v) is 2.48. The summed E-state index contributed by atoms with van der Waals surface area (Å²) in [6, 6.07) is 1.60. The van der Waals surface area contributed by atoms with Crippen molar-refractivity contribution in [2.24, 2.45) is 5.92 Å².